The van der Waals surface area contributed by atoms with E-state index >= 15 is 0 Å². The molecule has 14 heavy (non-hydrogen) atoms. The van der Waals surface area contributed by atoms with Gasteiger partial charge in [0.1, 0.15) is 0 Å². The summed E-state index contributed by atoms with van der Waals surface area (Å²) in [7, 11) is 0. The van der Waals surface area contributed by atoms with E-state index in [1.807, 2.05) is 0 Å². The molecule has 2 rings (SSSR count). The second-order valence-corrected chi connectivity index (χ2v) is 4.23. The topological polar surface area (TPSA) is 47.7 Å². The lowest BCUT2D eigenvalue weighted by atomic mass is 10.1. The van der Waals surface area contributed by atoms with E-state index in [4.69, 9.17) is 15.2 Å². The monoisotopic (exact) mass is 200 g/mol. The second-order valence-electron chi connectivity index (χ2n) is 4.23. The van der Waals surface area contributed by atoms with Crippen molar-refractivity contribution in [2.24, 2.45) is 11.7 Å². The third kappa shape index (κ3) is 2.67. The van der Waals surface area contributed by atoms with E-state index in [2.05, 4.69) is 4.90 Å². The molecule has 0 spiro atoms. The number of nitrogens with zero attached hydrogens (tertiary/aromatic N) is 1. The summed E-state index contributed by atoms with van der Waals surface area (Å²) < 4.78 is 10.8. The first-order valence-electron chi connectivity index (χ1n) is 5.50. The number of ether oxygens (including phenoxy) is 2. The molecule has 0 aromatic heterocycles. The molecule has 0 saturated carbocycles. The van der Waals surface area contributed by atoms with Crippen molar-refractivity contribution < 1.29 is 9.47 Å². The van der Waals surface area contributed by atoms with Crippen LogP contribution in [-0.4, -0.2) is 57.0 Å². The number of hydrogen-bond acceptors (Lipinski definition) is 4. The molecule has 2 aliphatic heterocycles. The van der Waals surface area contributed by atoms with Crippen LogP contribution < -0.4 is 5.73 Å². The highest BCUT2D eigenvalue weighted by Crippen LogP contribution is 2.15. The highest BCUT2D eigenvalue weighted by Gasteiger charge is 2.25. The van der Waals surface area contributed by atoms with Crippen LogP contribution in [0.1, 0.15) is 6.42 Å². The third-order valence-corrected chi connectivity index (χ3v) is 2.94. The second kappa shape index (κ2) is 5.07. The minimum absolute atomic E-state index is 0.356. The predicted molar refractivity (Wildman–Crippen MR) is 54.2 cm³/mol. The van der Waals surface area contributed by atoms with Gasteiger partial charge in [-0.05, 0) is 13.0 Å². The van der Waals surface area contributed by atoms with Crippen LogP contribution in [0.2, 0.25) is 0 Å². The number of nitrogens with two attached hydrogens (primary N) is 1. The molecule has 0 aliphatic carbocycles. The standard InChI is InChI=1S/C10H20N2O2/c11-2-1-10-6-12(3-4-14-10)5-9-7-13-8-9/h9-10H,1-8,11H2. The molecule has 1 atom stereocenters. The van der Waals surface area contributed by atoms with Gasteiger partial charge in [-0.25, -0.2) is 0 Å². The van der Waals surface area contributed by atoms with E-state index in [-0.39, 0.29) is 0 Å². The van der Waals surface area contributed by atoms with Gasteiger partial charge < -0.3 is 15.2 Å². The number of hydrogen-bond donors (Lipinski definition) is 1. The molecule has 0 bridgehead atoms. The lowest BCUT2D eigenvalue weighted by Crippen LogP contribution is -2.48. The van der Waals surface area contributed by atoms with Crippen molar-refractivity contribution in [2.45, 2.75) is 12.5 Å². The van der Waals surface area contributed by atoms with Gasteiger partial charge in [0, 0.05) is 25.6 Å². The molecule has 0 aromatic rings. The molecule has 2 saturated heterocycles. The first-order chi connectivity index (χ1) is 6.88. The number of morpholine rings is 1. The fraction of sp³-hybridized carbons (Fsp3) is 1.00. The predicted octanol–water partition coefficient (Wildman–Crippen LogP) is -0.318. The van der Waals surface area contributed by atoms with Crippen molar-refractivity contribution in [1.82, 2.24) is 4.90 Å². The molecule has 0 aromatic carbocycles. The van der Waals surface area contributed by atoms with Crippen molar-refractivity contribution in [1.29, 1.82) is 0 Å². The molecule has 1 unspecified atom stereocenters. The van der Waals surface area contributed by atoms with Crippen LogP contribution in [0.3, 0.4) is 0 Å². The molecule has 2 heterocycles. The largest absolute Gasteiger partial charge is 0.381 e. The Bertz CT molecular complexity index is 172. The summed E-state index contributed by atoms with van der Waals surface area (Å²) in [6.07, 6.45) is 1.34. The lowest BCUT2D eigenvalue weighted by molar-refractivity contribution is -0.0770. The minimum atomic E-state index is 0.356. The van der Waals surface area contributed by atoms with Gasteiger partial charge >= 0.3 is 0 Å². The summed E-state index contributed by atoms with van der Waals surface area (Å²) in [5, 5.41) is 0. The van der Waals surface area contributed by atoms with Gasteiger partial charge in [0.05, 0.1) is 25.9 Å². The van der Waals surface area contributed by atoms with E-state index in [0.717, 1.165) is 51.8 Å². The van der Waals surface area contributed by atoms with Gasteiger partial charge in [-0.3, -0.25) is 4.90 Å². The van der Waals surface area contributed by atoms with Crippen molar-refractivity contribution in [2.75, 3.05) is 46.0 Å². The summed E-state index contributed by atoms with van der Waals surface area (Å²) in [5.74, 6) is 0.756. The quantitative estimate of drug-likeness (QED) is 0.676. The maximum Gasteiger partial charge on any atom is 0.0714 e. The Morgan fingerprint density at radius 2 is 2.21 bits per heavy atom. The summed E-state index contributed by atoms with van der Waals surface area (Å²) in [4.78, 5) is 2.48. The van der Waals surface area contributed by atoms with Crippen LogP contribution in [0.15, 0.2) is 0 Å². The van der Waals surface area contributed by atoms with Crippen LogP contribution >= 0.6 is 0 Å². The molecule has 4 heteroatoms. The Kier molecular flexibility index (Phi) is 3.75. The van der Waals surface area contributed by atoms with E-state index in [0.29, 0.717) is 6.10 Å². The molecule has 2 fully saturated rings. The summed E-state index contributed by atoms with van der Waals surface area (Å²) in [6, 6.07) is 0. The van der Waals surface area contributed by atoms with Crippen molar-refractivity contribution in [3.8, 4) is 0 Å². The Balaban J connectivity index is 1.69. The fourth-order valence-electron chi connectivity index (χ4n) is 2.06. The van der Waals surface area contributed by atoms with E-state index in [9.17, 15) is 0 Å². The van der Waals surface area contributed by atoms with Gasteiger partial charge in [0.2, 0.25) is 0 Å². The smallest absolute Gasteiger partial charge is 0.0714 e. The lowest BCUT2D eigenvalue weighted by Gasteiger charge is -2.37. The minimum Gasteiger partial charge on any atom is -0.381 e. The van der Waals surface area contributed by atoms with Crippen LogP contribution in [0.4, 0.5) is 0 Å². The highest BCUT2D eigenvalue weighted by molar-refractivity contribution is 4.76. The highest BCUT2D eigenvalue weighted by atomic mass is 16.5. The summed E-state index contributed by atoms with van der Waals surface area (Å²) >= 11 is 0. The first kappa shape index (κ1) is 10.4. The average molecular weight is 200 g/mol. The van der Waals surface area contributed by atoms with Gasteiger partial charge in [0.25, 0.3) is 0 Å². The zero-order chi connectivity index (χ0) is 9.80. The molecular weight excluding hydrogens is 180 g/mol. The van der Waals surface area contributed by atoms with Gasteiger partial charge in [-0.1, -0.05) is 0 Å². The van der Waals surface area contributed by atoms with Gasteiger partial charge in [-0.2, -0.15) is 0 Å². The molecule has 0 amide bonds. The van der Waals surface area contributed by atoms with Crippen LogP contribution in [0.5, 0.6) is 0 Å². The Hall–Kier alpha value is -0.160. The van der Waals surface area contributed by atoms with Crippen molar-refractivity contribution in [3.63, 3.8) is 0 Å². The van der Waals surface area contributed by atoms with E-state index in [1.165, 1.54) is 6.54 Å². The van der Waals surface area contributed by atoms with Crippen LogP contribution in [0, 0.1) is 5.92 Å². The summed E-state index contributed by atoms with van der Waals surface area (Å²) in [5.41, 5.74) is 5.52. The Morgan fingerprint density at radius 3 is 2.86 bits per heavy atom. The van der Waals surface area contributed by atoms with Crippen LogP contribution in [-0.2, 0) is 9.47 Å². The van der Waals surface area contributed by atoms with Gasteiger partial charge in [0.15, 0.2) is 0 Å². The molecule has 82 valence electrons. The Morgan fingerprint density at radius 1 is 1.36 bits per heavy atom. The first-order valence-corrected chi connectivity index (χ1v) is 5.50. The van der Waals surface area contributed by atoms with Gasteiger partial charge in [-0.15, -0.1) is 0 Å². The summed E-state index contributed by atoms with van der Waals surface area (Å²) in [6.45, 7) is 6.76. The van der Waals surface area contributed by atoms with E-state index in [1.54, 1.807) is 0 Å². The molecular formula is C10H20N2O2. The third-order valence-electron chi connectivity index (χ3n) is 2.94. The zero-order valence-electron chi connectivity index (χ0n) is 8.65. The zero-order valence-corrected chi connectivity index (χ0v) is 8.65. The molecule has 4 nitrogen and oxygen atoms in total. The Labute approximate surface area is 85.3 Å². The SMILES string of the molecule is NCCC1CN(CC2COC2)CCO1. The molecule has 2 N–H and O–H groups in total. The molecule has 2 aliphatic rings. The van der Waals surface area contributed by atoms with E-state index < -0.39 is 0 Å². The van der Waals surface area contributed by atoms with Crippen molar-refractivity contribution in [3.05, 3.63) is 0 Å². The maximum atomic E-state index is 5.63. The van der Waals surface area contributed by atoms with Crippen LogP contribution in [0.25, 0.3) is 0 Å². The number of rotatable bonds is 4. The molecule has 0 radical (unpaired) electrons. The average Bonchev–Trinajstić information content (AvgIpc) is 2.13. The maximum absolute atomic E-state index is 5.63. The normalized spacial score (nSPS) is 30.2. The van der Waals surface area contributed by atoms with Crippen molar-refractivity contribution >= 4 is 0 Å². The fourth-order valence-corrected chi connectivity index (χ4v) is 2.06.